The highest BCUT2D eigenvalue weighted by Gasteiger charge is 2.27. The Labute approximate surface area is 145 Å². The van der Waals surface area contributed by atoms with Crippen LogP contribution in [0.2, 0.25) is 0 Å². The van der Waals surface area contributed by atoms with Crippen molar-refractivity contribution in [1.29, 1.82) is 0 Å². The van der Waals surface area contributed by atoms with Crippen LogP contribution in [-0.4, -0.2) is 5.84 Å². The summed E-state index contributed by atoms with van der Waals surface area (Å²) in [6.45, 7) is 4.28. The number of hydrogen-bond acceptors (Lipinski definition) is 5. The van der Waals surface area contributed by atoms with Gasteiger partial charge in [-0.3, -0.25) is 5.43 Å². The van der Waals surface area contributed by atoms with E-state index in [0.29, 0.717) is 0 Å². The van der Waals surface area contributed by atoms with Gasteiger partial charge >= 0.3 is 0 Å². The van der Waals surface area contributed by atoms with Gasteiger partial charge in [0.25, 0.3) is 0 Å². The van der Waals surface area contributed by atoms with Crippen molar-refractivity contribution in [2.45, 2.75) is 13.8 Å². The maximum absolute atomic E-state index is 4.80. The molecular weight excluding hydrogens is 316 g/mol. The summed E-state index contributed by atoms with van der Waals surface area (Å²) in [5.41, 5.74) is 6.80. The van der Waals surface area contributed by atoms with E-state index >= 15 is 0 Å². The van der Waals surface area contributed by atoms with E-state index in [1.807, 2.05) is 46.6 Å². The molecule has 24 heavy (non-hydrogen) atoms. The maximum atomic E-state index is 4.80. The van der Waals surface area contributed by atoms with Gasteiger partial charge in [0.15, 0.2) is 5.84 Å². The van der Waals surface area contributed by atoms with Crippen LogP contribution >= 0.6 is 11.3 Å². The lowest BCUT2D eigenvalue weighted by molar-refractivity contribution is 0.779. The van der Waals surface area contributed by atoms with Gasteiger partial charge in [0.05, 0.1) is 5.69 Å². The molecule has 4 nitrogen and oxygen atoms in total. The van der Waals surface area contributed by atoms with E-state index in [2.05, 4.69) is 49.6 Å². The zero-order valence-electron chi connectivity index (χ0n) is 13.6. The van der Waals surface area contributed by atoms with E-state index in [0.717, 1.165) is 22.1 Å². The molecule has 2 aromatic carbocycles. The Hall–Kier alpha value is -2.79. The summed E-state index contributed by atoms with van der Waals surface area (Å²) in [5.74, 6) is 0.836. The van der Waals surface area contributed by atoms with Crippen LogP contribution in [0, 0.1) is 13.8 Å². The monoisotopic (exact) mass is 334 g/mol. The van der Waals surface area contributed by atoms with Crippen molar-refractivity contribution >= 4 is 27.9 Å². The summed E-state index contributed by atoms with van der Waals surface area (Å²) < 4.78 is 0. The first-order valence-corrected chi connectivity index (χ1v) is 8.67. The highest BCUT2D eigenvalue weighted by Crippen LogP contribution is 2.33. The number of para-hydroxylation sites is 1. The zero-order valence-corrected chi connectivity index (χ0v) is 14.4. The van der Waals surface area contributed by atoms with Crippen LogP contribution in [0.5, 0.6) is 0 Å². The highest BCUT2D eigenvalue weighted by molar-refractivity contribution is 7.16. The molecule has 0 atom stereocenters. The van der Waals surface area contributed by atoms with Gasteiger partial charge in [-0.15, -0.1) is 16.4 Å². The highest BCUT2D eigenvalue weighted by atomic mass is 32.1. The van der Waals surface area contributed by atoms with Gasteiger partial charge in [-0.2, -0.15) is 10.2 Å². The molecule has 120 valence electrons. The molecule has 0 bridgehead atoms. The average molecular weight is 334 g/mol. The fourth-order valence-corrected chi connectivity index (χ4v) is 3.55. The lowest BCUT2D eigenvalue weighted by Gasteiger charge is -2.26. The first kappa shape index (κ1) is 14.8. The van der Waals surface area contributed by atoms with E-state index in [1.165, 1.54) is 10.4 Å². The minimum Gasteiger partial charge on any atom is -0.258 e. The molecule has 0 aliphatic carbocycles. The van der Waals surface area contributed by atoms with E-state index in [4.69, 9.17) is 5.10 Å². The van der Waals surface area contributed by atoms with Crippen LogP contribution in [0.1, 0.15) is 16.0 Å². The minimum absolute atomic E-state index is 0.836. The lowest BCUT2D eigenvalue weighted by Crippen LogP contribution is -2.44. The Balaban J connectivity index is 1.76. The average Bonchev–Trinajstić information content (AvgIpc) is 3.21. The number of aryl methyl sites for hydroxylation is 2. The van der Waals surface area contributed by atoms with Gasteiger partial charge in [-0.25, -0.2) is 0 Å². The lowest BCUT2D eigenvalue weighted by atomic mass is 10.2. The number of nitrogens with one attached hydrogen (secondary N) is 1. The van der Waals surface area contributed by atoms with Crippen molar-refractivity contribution in [2.24, 2.45) is 5.10 Å². The molecule has 1 N–H and O–H groups in total. The third-order valence-electron chi connectivity index (χ3n) is 3.99. The molecule has 1 aliphatic heterocycles. The van der Waals surface area contributed by atoms with E-state index in [1.54, 1.807) is 11.3 Å². The van der Waals surface area contributed by atoms with Crippen LogP contribution in [0.25, 0.3) is 0 Å². The number of rotatable bonds is 3. The number of amidine groups is 1. The molecule has 1 aliphatic rings. The molecule has 0 saturated heterocycles. The molecule has 0 saturated carbocycles. The topological polar surface area (TPSA) is 30.9 Å². The van der Waals surface area contributed by atoms with Crippen LogP contribution in [-0.2, 0) is 0 Å². The van der Waals surface area contributed by atoms with Gasteiger partial charge in [0, 0.05) is 10.4 Å². The number of thiophene rings is 1. The summed E-state index contributed by atoms with van der Waals surface area (Å²) in [6.07, 6.45) is 0. The third kappa shape index (κ3) is 2.63. The second-order valence-electron chi connectivity index (χ2n) is 5.69. The number of nitrogens with zero attached hydrogens (tertiary/aromatic N) is 3. The molecule has 1 aromatic heterocycles. The predicted molar refractivity (Wildman–Crippen MR) is 101 cm³/mol. The van der Waals surface area contributed by atoms with Crippen LogP contribution in [0.4, 0.5) is 10.7 Å². The van der Waals surface area contributed by atoms with Crippen LogP contribution in [0.3, 0.4) is 0 Å². The van der Waals surface area contributed by atoms with Crippen molar-refractivity contribution < 1.29 is 0 Å². The molecule has 4 rings (SSSR count). The normalized spacial score (nSPS) is 13.8. The number of hydrogen-bond donors (Lipinski definition) is 1. The Morgan fingerprint density at radius 1 is 0.917 bits per heavy atom. The third-order valence-corrected chi connectivity index (χ3v) is 5.12. The summed E-state index contributed by atoms with van der Waals surface area (Å²) in [7, 11) is 0. The molecule has 0 spiro atoms. The SMILES string of the molecule is Cc1cc(N2NC(c3ccccc3)=NN2c2ccccc2)sc1C. The van der Waals surface area contributed by atoms with Crippen molar-refractivity contribution in [2.75, 3.05) is 10.2 Å². The Kier molecular flexibility index (Phi) is 3.70. The first-order chi connectivity index (χ1) is 11.7. The van der Waals surface area contributed by atoms with Gasteiger partial charge in [0.1, 0.15) is 5.00 Å². The van der Waals surface area contributed by atoms with Crippen molar-refractivity contribution in [3.05, 3.63) is 82.7 Å². The van der Waals surface area contributed by atoms with Gasteiger partial charge < -0.3 is 0 Å². The molecule has 0 amide bonds. The quantitative estimate of drug-likeness (QED) is 0.766. The summed E-state index contributed by atoms with van der Waals surface area (Å²) in [4.78, 5) is 1.31. The maximum Gasteiger partial charge on any atom is 0.176 e. The number of benzene rings is 2. The molecule has 5 heteroatoms. The number of anilines is 2. The van der Waals surface area contributed by atoms with Crippen molar-refractivity contribution in [1.82, 2.24) is 5.43 Å². The predicted octanol–water partition coefficient (Wildman–Crippen LogP) is 4.47. The Morgan fingerprint density at radius 3 is 2.21 bits per heavy atom. The molecule has 3 aromatic rings. The smallest absolute Gasteiger partial charge is 0.176 e. The first-order valence-electron chi connectivity index (χ1n) is 7.85. The fraction of sp³-hybridized carbons (Fsp3) is 0.105. The largest absolute Gasteiger partial charge is 0.258 e. The fourth-order valence-electron chi connectivity index (χ4n) is 2.57. The van der Waals surface area contributed by atoms with Crippen LogP contribution in [0.15, 0.2) is 71.8 Å². The van der Waals surface area contributed by atoms with Crippen molar-refractivity contribution in [3.8, 4) is 0 Å². The van der Waals surface area contributed by atoms with Gasteiger partial charge in [0.2, 0.25) is 0 Å². The second kappa shape index (κ2) is 6.02. The number of hydrazine groups is 2. The van der Waals surface area contributed by atoms with E-state index < -0.39 is 0 Å². The molecule has 0 fully saturated rings. The van der Waals surface area contributed by atoms with Crippen LogP contribution < -0.4 is 15.7 Å². The summed E-state index contributed by atoms with van der Waals surface area (Å²) in [5, 5.41) is 9.82. The second-order valence-corrected chi connectivity index (χ2v) is 6.92. The molecular formula is C19H18N4S. The van der Waals surface area contributed by atoms with Gasteiger partial charge in [-0.05, 0) is 37.6 Å². The zero-order chi connectivity index (χ0) is 16.5. The van der Waals surface area contributed by atoms with Gasteiger partial charge in [-0.1, -0.05) is 48.5 Å². The Bertz CT molecular complexity index is 851. The minimum atomic E-state index is 0.836. The molecule has 0 radical (unpaired) electrons. The molecule has 0 unspecified atom stereocenters. The summed E-state index contributed by atoms with van der Waals surface area (Å²) >= 11 is 1.76. The summed E-state index contributed by atoms with van der Waals surface area (Å²) in [6, 6.07) is 22.5. The van der Waals surface area contributed by atoms with E-state index in [-0.39, 0.29) is 0 Å². The van der Waals surface area contributed by atoms with Crippen molar-refractivity contribution in [3.63, 3.8) is 0 Å². The van der Waals surface area contributed by atoms with E-state index in [9.17, 15) is 0 Å². The standard InChI is InChI=1S/C19H18N4S/c1-14-13-18(24-15(14)2)23-21-19(16-9-5-3-6-10-16)20-22(23)17-11-7-4-8-12-17/h3-13H,1-2H3,(H,20,21). The Morgan fingerprint density at radius 2 is 1.58 bits per heavy atom. The molecule has 2 heterocycles. The number of hydrazone groups is 1.